The number of H-pyrrole nitrogens is 1. The van der Waals surface area contributed by atoms with Gasteiger partial charge in [0.2, 0.25) is 0 Å². The Morgan fingerprint density at radius 2 is 2.21 bits per heavy atom. The molecule has 2 aliphatic rings. The molecule has 0 bridgehead atoms. The van der Waals surface area contributed by atoms with E-state index in [-0.39, 0.29) is 11.8 Å². The van der Waals surface area contributed by atoms with Gasteiger partial charge in [-0.3, -0.25) is 9.89 Å². The second-order valence-electron chi connectivity index (χ2n) is 5.70. The van der Waals surface area contributed by atoms with Crippen LogP contribution in [0.4, 0.5) is 0 Å². The van der Waals surface area contributed by atoms with Crippen molar-refractivity contribution < 1.29 is 9.90 Å². The van der Waals surface area contributed by atoms with Gasteiger partial charge in [0, 0.05) is 19.0 Å². The quantitative estimate of drug-likeness (QED) is 0.828. The van der Waals surface area contributed by atoms with E-state index in [4.69, 9.17) is 0 Å². The van der Waals surface area contributed by atoms with Gasteiger partial charge in [-0.05, 0) is 19.3 Å². The van der Waals surface area contributed by atoms with Gasteiger partial charge in [-0.2, -0.15) is 5.10 Å². The van der Waals surface area contributed by atoms with Crippen molar-refractivity contribution >= 4 is 5.91 Å². The van der Waals surface area contributed by atoms with Crippen molar-refractivity contribution in [3.8, 4) is 0 Å². The largest absolute Gasteiger partial charge is 0.380 e. The van der Waals surface area contributed by atoms with Crippen LogP contribution in [0.25, 0.3) is 0 Å². The summed E-state index contributed by atoms with van der Waals surface area (Å²) in [6, 6.07) is 0. The van der Waals surface area contributed by atoms with Gasteiger partial charge < -0.3 is 10.0 Å². The molecule has 6 nitrogen and oxygen atoms in total. The molecule has 1 aromatic rings. The molecule has 1 amide bonds. The minimum atomic E-state index is -1.12. The lowest BCUT2D eigenvalue weighted by molar-refractivity contribution is -0.153. The zero-order valence-corrected chi connectivity index (χ0v) is 11.0. The summed E-state index contributed by atoms with van der Waals surface area (Å²) in [5, 5.41) is 17.2. The number of aromatic nitrogens is 3. The fourth-order valence-electron chi connectivity index (χ4n) is 3.22. The van der Waals surface area contributed by atoms with Gasteiger partial charge in [0.25, 0.3) is 5.91 Å². The van der Waals surface area contributed by atoms with E-state index in [0.29, 0.717) is 25.9 Å². The third-order valence-electron chi connectivity index (χ3n) is 4.37. The molecule has 6 heteroatoms. The van der Waals surface area contributed by atoms with Crippen LogP contribution in [0.3, 0.4) is 0 Å². The normalized spacial score (nSPS) is 26.6. The second-order valence-corrected chi connectivity index (χ2v) is 5.70. The summed E-state index contributed by atoms with van der Waals surface area (Å²) < 4.78 is 0. The van der Waals surface area contributed by atoms with Crippen LogP contribution >= 0.6 is 0 Å². The van der Waals surface area contributed by atoms with Crippen LogP contribution in [0.1, 0.15) is 50.3 Å². The average molecular weight is 264 g/mol. The van der Waals surface area contributed by atoms with Gasteiger partial charge in [0.05, 0.1) is 0 Å². The van der Waals surface area contributed by atoms with E-state index in [1.807, 2.05) is 0 Å². The predicted octanol–water partition coefficient (Wildman–Crippen LogP) is 0.816. The molecule has 104 valence electrons. The van der Waals surface area contributed by atoms with E-state index in [0.717, 1.165) is 31.5 Å². The number of nitrogens with one attached hydrogen (secondary N) is 1. The zero-order chi connectivity index (χ0) is 13.3. The summed E-state index contributed by atoms with van der Waals surface area (Å²) in [6.07, 6.45) is 6.61. The molecule has 1 aromatic heterocycles. The van der Waals surface area contributed by atoms with E-state index >= 15 is 0 Å². The molecule has 2 N–H and O–H groups in total. The summed E-state index contributed by atoms with van der Waals surface area (Å²) >= 11 is 0. The summed E-state index contributed by atoms with van der Waals surface area (Å²) in [5.41, 5.74) is -1.12. The predicted molar refractivity (Wildman–Crippen MR) is 68.4 cm³/mol. The number of carbonyl (C=O) groups excluding carboxylic acids is 1. The fourth-order valence-corrected chi connectivity index (χ4v) is 3.22. The Labute approximate surface area is 112 Å². The summed E-state index contributed by atoms with van der Waals surface area (Å²) in [5.74, 6) is 0.971. The molecule has 1 aliphatic heterocycles. The zero-order valence-electron chi connectivity index (χ0n) is 11.0. The SMILES string of the molecule is O=C(N1CCC(c2ncn[nH]2)C1)C1(O)CCCCC1. The standard InChI is InChI=1S/C13H20N4O2/c18-12(13(19)5-2-1-3-6-13)17-7-4-10(8-17)11-14-9-15-16-11/h9-10,19H,1-8H2,(H,14,15,16). The van der Waals surface area contributed by atoms with Crippen molar-refractivity contribution in [1.82, 2.24) is 20.1 Å². The lowest BCUT2D eigenvalue weighted by Crippen LogP contribution is -2.49. The van der Waals surface area contributed by atoms with Gasteiger partial charge in [-0.15, -0.1) is 0 Å². The monoisotopic (exact) mass is 264 g/mol. The summed E-state index contributed by atoms with van der Waals surface area (Å²) in [4.78, 5) is 18.4. The Balaban J connectivity index is 1.65. The van der Waals surface area contributed by atoms with Gasteiger partial charge in [-0.25, -0.2) is 4.98 Å². The van der Waals surface area contributed by atoms with Crippen LogP contribution in [0, 0.1) is 0 Å². The highest BCUT2D eigenvalue weighted by atomic mass is 16.3. The molecule has 0 spiro atoms. The molecular formula is C13H20N4O2. The van der Waals surface area contributed by atoms with E-state index in [2.05, 4.69) is 15.2 Å². The molecule has 19 heavy (non-hydrogen) atoms. The Hall–Kier alpha value is -1.43. The van der Waals surface area contributed by atoms with Crippen molar-refractivity contribution in [3.05, 3.63) is 12.2 Å². The minimum Gasteiger partial charge on any atom is -0.380 e. The van der Waals surface area contributed by atoms with Crippen LogP contribution in [-0.2, 0) is 4.79 Å². The number of amides is 1. The van der Waals surface area contributed by atoms with Crippen LogP contribution < -0.4 is 0 Å². The second kappa shape index (κ2) is 4.92. The van der Waals surface area contributed by atoms with Gasteiger partial charge in [-0.1, -0.05) is 19.3 Å². The highest BCUT2D eigenvalue weighted by molar-refractivity contribution is 5.85. The fraction of sp³-hybridized carbons (Fsp3) is 0.769. The van der Waals surface area contributed by atoms with Crippen molar-refractivity contribution in [3.63, 3.8) is 0 Å². The van der Waals surface area contributed by atoms with Crippen molar-refractivity contribution in [2.24, 2.45) is 0 Å². The Kier molecular flexibility index (Phi) is 3.26. The van der Waals surface area contributed by atoms with Crippen LogP contribution in [-0.4, -0.2) is 49.8 Å². The minimum absolute atomic E-state index is 0.0887. The highest BCUT2D eigenvalue weighted by Gasteiger charge is 2.42. The van der Waals surface area contributed by atoms with Crippen molar-refractivity contribution in [2.75, 3.05) is 13.1 Å². The molecule has 1 unspecified atom stereocenters. The Morgan fingerprint density at radius 1 is 1.42 bits per heavy atom. The Bertz CT molecular complexity index is 440. The van der Waals surface area contributed by atoms with Crippen LogP contribution in [0.2, 0.25) is 0 Å². The number of rotatable bonds is 2. The smallest absolute Gasteiger partial charge is 0.254 e. The first-order chi connectivity index (χ1) is 9.19. The topological polar surface area (TPSA) is 82.1 Å². The molecule has 1 aliphatic carbocycles. The molecule has 1 saturated carbocycles. The first-order valence-corrected chi connectivity index (χ1v) is 7.06. The van der Waals surface area contributed by atoms with E-state index in [1.54, 1.807) is 4.90 Å². The summed E-state index contributed by atoms with van der Waals surface area (Å²) in [6.45, 7) is 1.34. The number of hydrogen-bond donors (Lipinski definition) is 2. The number of aromatic amines is 1. The first-order valence-electron chi connectivity index (χ1n) is 7.06. The lowest BCUT2D eigenvalue weighted by atomic mass is 9.84. The third-order valence-corrected chi connectivity index (χ3v) is 4.37. The number of hydrogen-bond acceptors (Lipinski definition) is 4. The molecule has 1 saturated heterocycles. The third kappa shape index (κ3) is 2.36. The molecule has 0 aromatic carbocycles. The summed E-state index contributed by atoms with van der Waals surface area (Å²) in [7, 11) is 0. The van der Waals surface area contributed by atoms with Gasteiger partial charge in [0.15, 0.2) is 0 Å². The number of aliphatic hydroxyl groups is 1. The number of likely N-dealkylation sites (tertiary alicyclic amines) is 1. The molecular weight excluding hydrogens is 244 g/mol. The maximum absolute atomic E-state index is 12.5. The van der Waals surface area contributed by atoms with Gasteiger partial charge >= 0.3 is 0 Å². The van der Waals surface area contributed by atoms with Crippen LogP contribution in [0.15, 0.2) is 6.33 Å². The lowest BCUT2D eigenvalue weighted by Gasteiger charge is -2.34. The molecule has 2 heterocycles. The van der Waals surface area contributed by atoms with Crippen molar-refractivity contribution in [1.29, 1.82) is 0 Å². The molecule has 0 radical (unpaired) electrons. The number of nitrogens with zero attached hydrogens (tertiary/aromatic N) is 3. The molecule has 2 fully saturated rings. The molecule has 3 rings (SSSR count). The number of carbonyl (C=O) groups is 1. The van der Waals surface area contributed by atoms with Gasteiger partial charge in [0.1, 0.15) is 17.8 Å². The first kappa shape index (κ1) is 12.6. The van der Waals surface area contributed by atoms with Crippen molar-refractivity contribution in [2.45, 2.75) is 50.0 Å². The maximum atomic E-state index is 12.5. The Morgan fingerprint density at radius 3 is 2.89 bits per heavy atom. The molecule has 1 atom stereocenters. The van der Waals surface area contributed by atoms with E-state index < -0.39 is 5.60 Å². The van der Waals surface area contributed by atoms with E-state index in [9.17, 15) is 9.90 Å². The maximum Gasteiger partial charge on any atom is 0.254 e. The van der Waals surface area contributed by atoms with Crippen LogP contribution in [0.5, 0.6) is 0 Å². The van der Waals surface area contributed by atoms with E-state index in [1.165, 1.54) is 6.33 Å². The average Bonchev–Trinajstić information content (AvgIpc) is 3.09. The highest BCUT2D eigenvalue weighted by Crippen LogP contribution is 2.33.